The molecule has 3 aromatic carbocycles. The van der Waals surface area contributed by atoms with Gasteiger partial charge in [0, 0.05) is 6.42 Å². The van der Waals surface area contributed by atoms with Gasteiger partial charge in [0.05, 0.1) is 24.9 Å². The molecule has 0 radical (unpaired) electrons. The summed E-state index contributed by atoms with van der Waals surface area (Å²) in [5, 5.41) is 6.62. The summed E-state index contributed by atoms with van der Waals surface area (Å²) in [6.45, 7) is 7.03. The number of hydrogen-bond acceptors (Lipinski definition) is 4. The lowest BCUT2D eigenvalue weighted by molar-refractivity contribution is -0.134. The minimum atomic E-state index is -0.102. The number of piperidine rings is 1. The Kier molecular flexibility index (Phi) is 8.00. The van der Waals surface area contributed by atoms with Crippen molar-refractivity contribution in [2.75, 3.05) is 26.2 Å². The molecule has 1 fully saturated rings. The zero-order chi connectivity index (χ0) is 25.6. The van der Waals surface area contributed by atoms with Crippen LogP contribution in [-0.4, -0.2) is 47.8 Å². The molecule has 0 unspecified atom stereocenters. The number of hydrazone groups is 1. The Bertz CT molecular complexity index is 1200. The molecule has 5 heteroatoms. The van der Waals surface area contributed by atoms with Crippen molar-refractivity contribution in [3.63, 3.8) is 0 Å². The zero-order valence-corrected chi connectivity index (χ0v) is 22.0. The summed E-state index contributed by atoms with van der Waals surface area (Å²) in [5.41, 5.74) is 5.76. The predicted octanol–water partition coefficient (Wildman–Crippen LogP) is 6.03. The maximum absolute atomic E-state index is 13.6. The molecule has 5 nitrogen and oxygen atoms in total. The molecule has 0 saturated carbocycles. The molecule has 5 rings (SSSR count). The number of carbonyl (C=O) groups is 1. The number of ether oxygens (including phenoxy) is 1. The number of hydrogen-bond donors (Lipinski definition) is 0. The molecule has 0 N–H and O–H groups in total. The second kappa shape index (κ2) is 11.7. The molecule has 0 bridgehead atoms. The molecule has 2 aliphatic heterocycles. The van der Waals surface area contributed by atoms with Crippen LogP contribution in [0.15, 0.2) is 84.0 Å². The third-order valence-electron chi connectivity index (χ3n) is 7.56. The van der Waals surface area contributed by atoms with Crippen LogP contribution < -0.4 is 4.74 Å². The van der Waals surface area contributed by atoms with Crippen LogP contribution in [0.1, 0.15) is 54.5 Å². The van der Waals surface area contributed by atoms with E-state index in [4.69, 9.17) is 9.84 Å². The van der Waals surface area contributed by atoms with Crippen molar-refractivity contribution in [2.24, 2.45) is 11.0 Å². The van der Waals surface area contributed by atoms with Crippen molar-refractivity contribution in [3.8, 4) is 5.75 Å². The predicted molar refractivity (Wildman–Crippen MR) is 149 cm³/mol. The molecular formula is C32H37N3O2. The molecule has 0 aliphatic carbocycles. The number of likely N-dealkylation sites (tertiary alicyclic amines) is 1. The summed E-state index contributed by atoms with van der Waals surface area (Å²) in [6, 6.07) is 27.2. The first-order valence-corrected chi connectivity index (χ1v) is 13.5. The van der Waals surface area contributed by atoms with E-state index >= 15 is 0 Å². The lowest BCUT2D eigenvalue weighted by Gasteiger charge is -2.33. The first-order chi connectivity index (χ1) is 18.1. The van der Waals surface area contributed by atoms with Crippen molar-refractivity contribution in [3.05, 3.63) is 101 Å². The summed E-state index contributed by atoms with van der Waals surface area (Å²) in [5.74, 6) is 1.60. The fourth-order valence-electron chi connectivity index (χ4n) is 5.43. The Morgan fingerprint density at radius 1 is 0.946 bits per heavy atom. The summed E-state index contributed by atoms with van der Waals surface area (Å²) >= 11 is 0. The summed E-state index contributed by atoms with van der Waals surface area (Å²) < 4.78 is 5.63. The van der Waals surface area contributed by atoms with Crippen LogP contribution in [0.5, 0.6) is 5.75 Å². The van der Waals surface area contributed by atoms with Gasteiger partial charge in [0.15, 0.2) is 0 Å². The third kappa shape index (κ3) is 6.28. The van der Waals surface area contributed by atoms with Crippen LogP contribution >= 0.6 is 0 Å². The molecule has 192 valence electrons. The van der Waals surface area contributed by atoms with Crippen molar-refractivity contribution in [1.29, 1.82) is 0 Å². The summed E-state index contributed by atoms with van der Waals surface area (Å²) in [4.78, 5) is 15.9. The minimum absolute atomic E-state index is 0.0718. The van der Waals surface area contributed by atoms with E-state index in [-0.39, 0.29) is 11.9 Å². The second-order valence-corrected chi connectivity index (χ2v) is 10.3. The number of rotatable bonds is 8. The van der Waals surface area contributed by atoms with Crippen LogP contribution in [0.25, 0.3) is 0 Å². The number of aryl methyl sites for hydroxylation is 1. The van der Waals surface area contributed by atoms with Gasteiger partial charge in [-0.1, -0.05) is 72.3 Å². The van der Waals surface area contributed by atoms with Crippen LogP contribution in [0.4, 0.5) is 0 Å². The SMILES string of the molecule is CCOc1ccc([C@@H]2CC(c3ccc(C)cc3)=NN2C(=O)CN2CCC(Cc3ccccc3)CC2)cc1. The summed E-state index contributed by atoms with van der Waals surface area (Å²) in [7, 11) is 0. The van der Waals surface area contributed by atoms with Gasteiger partial charge in [-0.25, -0.2) is 5.01 Å². The monoisotopic (exact) mass is 495 g/mol. The fourth-order valence-corrected chi connectivity index (χ4v) is 5.43. The number of carbonyl (C=O) groups excluding carboxylic acids is 1. The van der Waals surface area contributed by atoms with Crippen molar-refractivity contribution in [1.82, 2.24) is 9.91 Å². The highest BCUT2D eigenvalue weighted by Crippen LogP contribution is 2.34. The Labute approximate surface area is 220 Å². The molecular weight excluding hydrogens is 458 g/mol. The quantitative estimate of drug-likeness (QED) is 0.384. The Morgan fingerprint density at radius 2 is 1.65 bits per heavy atom. The average Bonchev–Trinajstić information content (AvgIpc) is 3.37. The van der Waals surface area contributed by atoms with E-state index < -0.39 is 0 Å². The standard InChI is InChI=1S/C32H37N3O2/c1-3-37-29-15-13-28(14-16-29)31-22-30(27-11-9-24(2)10-12-27)33-35(31)32(36)23-34-19-17-26(18-20-34)21-25-7-5-4-6-8-25/h4-16,26,31H,3,17-23H2,1-2H3/t31-/m0/s1. The molecule has 0 aromatic heterocycles. The largest absolute Gasteiger partial charge is 0.494 e. The van der Waals surface area contributed by atoms with Crippen LogP contribution in [0.3, 0.4) is 0 Å². The van der Waals surface area contributed by atoms with E-state index in [0.717, 1.165) is 54.9 Å². The van der Waals surface area contributed by atoms with Crippen LogP contribution in [-0.2, 0) is 11.2 Å². The molecule has 0 spiro atoms. The molecule has 37 heavy (non-hydrogen) atoms. The van der Waals surface area contributed by atoms with E-state index in [1.54, 1.807) is 5.01 Å². The Morgan fingerprint density at radius 3 is 2.32 bits per heavy atom. The van der Waals surface area contributed by atoms with Crippen molar-refractivity contribution in [2.45, 2.75) is 45.6 Å². The Hall–Kier alpha value is -3.44. The maximum atomic E-state index is 13.6. The van der Waals surface area contributed by atoms with E-state index in [1.165, 1.54) is 11.1 Å². The van der Waals surface area contributed by atoms with Gasteiger partial charge in [-0.2, -0.15) is 5.10 Å². The molecule has 1 amide bonds. The van der Waals surface area contributed by atoms with Crippen LogP contribution in [0.2, 0.25) is 0 Å². The number of nitrogens with zero attached hydrogens (tertiary/aromatic N) is 3. The average molecular weight is 496 g/mol. The second-order valence-electron chi connectivity index (χ2n) is 10.3. The number of benzene rings is 3. The molecule has 2 heterocycles. The van der Waals surface area contributed by atoms with Gasteiger partial charge in [-0.15, -0.1) is 0 Å². The van der Waals surface area contributed by atoms with Gasteiger partial charge in [-0.05, 0) is 80.9 Å². The molecule has 1 atom stereocenters. The topological polar surface area (TPSA) is 45.1 Å². The van der Waals surface area contributed by atoms with Gasteiger partial charge in [-0.3, -0.25) is 9.69 Å². The normalized spacial score (nSPS) is 18.6. The van der Waals surface area contributed by atoms with E-state index in [1.807, 2.05) is 19.1 Å². The van der Waals surface area contributed by atoms with E-state index in [9.17, 15) is 4.79 Å². The molecule has 3 aromatic rings. The van der Waals surface area contributed by atoms with Crippen molar-refractivity contribution >= 4 is 11.6 Å². The molecule has 1 saturated heterocycles. The van der Waals surface area contributed by atoms with Gasteiger partial charge in [0.1, 0.15) is 5.75 Å². The zero-order valence-electron chi connectivity index (χ0n) is 22.0. The van der Waals surface area contributed by atoms with Crippen molar-refractivity contribution < 1.29 is 9.53 Å². The number of amides is 1. The summed E-state index contributed by atoms with van der Waals surface area (Å²) in [6.07, 6.45) is 4.09. The van der Waals surface area contributed by atoms with E-state index in [2.05, 4.69) is 78.6 Å². The lowest BCUT2D eigenvalue weighted by atomic mass is 9.90. The lowest BCUT2D eigenvalue weighted by Crippen LogP contribution is -2.42. The fraction of sp³-hybridized carbons (Fsp3) is 0.375. The van der Waals surface area contributed by atoms with E-state index in [0.29, 0.717) is 25.5 Å². The van der Waals surface area contributed by atoms with Gasteiger partial charge in [0.25, 0.3) is 5.91 Å². The molecule has 2 aliphatic rings. The maximum Gasteiger partial charge on any atom is 0.257 e. The van der Waals surface area contributed by atoms with Gasteiger partial charge >= 0.3 is 0 Å². The highest BCUT2D eigenvalue weighted by molar-refractivity contribution is 6.03. The highest BCUT2D eigenvalue weighted by atomic mass is 16.5. The first-order valence-electron chi connectivity index (χ1n) is 13.5. The van der Waals surface area contributed by atoms with Crippen LogP contribution in [0, 0.1) is 12.8 Å². The van der Waals surface area contributed by atoms with Gasteiger partial charge in [0.2, 0.25) is 0 Å². The third-order valence-corrected chi connectivity index (χ3v) is 7.56. The first kappa shape index (κ1) is 25.2. The Balaban J connectivity index is 1.27. The smallest absolute Gasteiger partial charge is 0.257 e. The highest BCUT2D eigenvalue weighted by Gasteiger charge is 2.34. The van der Waals surface area contributed by atoms with Gasteiger partial charge < -0.3 is 4.74 Å². The minimum Gasteiger partial charge on any atom is -0.494 e.